The molecule has 21 heavy (non-hydrogen) atoms. The minimum atomic E-state index is -0.271. The molecular formula is C14H26ClN3O3. The van der Waals surface area contributed by atoms with E-state index in [-0.39, 0.29) is 30.3 Å². The van der Waals surface area contributed by atoms with Crippen LogP contribution in [0.5, 0.6) is 0 Å². The van der Waals surface area contributed by atoms with Crippen LogP contribution in [0.4, 0.5) is 0 Å². The molecule has 2 aliphatic heterocycles. The lowest BCUT2D eigenvalue weighted by Gasteiger charge is -2.38. The number of nitrogens with two attached hydrogens (primary N) is 1. The van der Waals surface area contributed by atoms with Crippen molar-refractivity contribution in [1.29, 1.82) is 0 Å². The van der Waals surface area contributed by atoms with Crippen molar-refractivity contribution in [3.63, 3.8) is 0 Å². The Kier molecular flexibility index (Phi) is 8.00. The van der Waals surface area contributed by atoms with Crippen molar-refractivity contribution in [3.05, 3.63) is 0 Å². The fourth-order valence-corrected chi connectivity index (χ4v) is 2.88. The zero-order valence-corrected chi connectivity index (χ0v) is 13.3. The normalized spacial score (nSPS) is 22.6. The van der Waals surface area contributed by atoms with Crippen molar-refractivity contribution >= 4 is 24.2 Å². The maximum atomic E-state index is 12.6. The number of rotatable bonds is 4. The first-order valence-electron chi connectivity index (χ1n) is 7.60. The molecule has 0 aliphatic carbocycles. The number of carbonyl (C=O) groups excluding carboxylic acids is 2. The molecule has 1 unspecified atom stereocenters. The van der Waals surface area contributed by atoms with Crippen LogP contribution in [0.1, 0.15) is 32.1 Å². The molecule has 2 aliphatic rings. The number of carbonyl (C=O) groups is 2. The monoisotopic (exact) mass is 319 g/mol. The van der Waals surface area contributed by atoms with Crippen molar-refractivity contribution < 1.29 is 14.3 Å². The van der Waals surface area contributed by atoms with E-state index in [1.807, 2.05) is 4.90 Å². The van der Waals surface area contributed by atoms with Crippen LogP contribution in [0, 0.1) is 0 Å². The van der Waals surface area contributed by atoms with E-state index in [1.165, 1.54) is 0 Å². The van der Waals surface area contributed by atoms with E-state index in [0.717, 1.165) is 19.3 Å². The molecule has 2 saturated heterocycles. The summed E-state index contributed by atoms with van der Waals surface area (Å²) in [4.78, 5) is 28.4. The zero-order valence-electron chi connectivity index (χ0n) is 12.5. The van der Waals surface area contributed by atoms with Crippen LogP contribution in [0.25, 0.3) is 0 Å². The van der Waals surface area contributed by atoms with Crippen molar-refractivity contribution in [2.45, 2.75) is 38.1 Å². The van der Waals surface area contributed by atoms with E-state index in [4.69, 9.17) is 10.5 Å². The van der Waals surface area contributed by atoms with Crippen LogP contribution in [0.3, 0.4) is 0 Å². The van der Waals surface area contributed by atoms with Gasteiger partial charge in [-0.15, -0.1) is 12.4 Å². The van der Waals surface area contributed by atoms with Gasteiger partial charge < -0.3 is 20.3 Å². The lowest BCUT2D eigenvalue weighted by atomic mass is 10.00. The summed E-state index contributed by atoms with van der Waals surface area (Å²) in [7, 11) is 0. The number of piperidine rings is 1. The third-order valence-electron chi connectivity index (χ3n) is 4.03. The van der Waals surface area contributed by atoms with Crippen molar-refractivity contribution in [2.24, 2.45) is 5.73 Å². The Labute approximate surface area is 132 Å². The fraction of sp³-hybridized carbons (Fsp3) is 0.857. The van der Waals surface area contributed by atoms with Crippen LogP contribution in [0.15, 0.2) is 0 Å². The summed E-state index contributed by atoms with van der Waals surface area (Å²) in [6, 6.07) is -0.271. The molecule has 0 aromatic heterocycles. The molecule has 2 fully saturated rings. The summed E-state index contributed by atoms with van der Waals surface area (Å²) >= 11 is 0. The largest absolute Gasteiger partial charge is 0.378 e. The topological polar surface area (TPSA) is 75.9 Å². The molecule has 7 heteroatoms. The molecule has 122 valence electrons. The second-order valence-corrected chi connectivity index (χ2v) is 5.43. The molecule has 6 nitrogen and oxygen atoms in total. The quantitative estimate of drug-likeness (QED) is 0.813. The first kappa shape index (κ1) is 18.2. The highest BCUT2D eigenvalue weighted by molar-refractivity contribution is 5.88. The van der Waals surface area contributed by atoms with Gasteiger partial charge >= 0.3 is 0 Å². The molecule has 2 heterocycles. The minimum Gasteiger partial charge on any atom is -0.378 e. The molecule has 0 aromatic rings. The van der Waals surface area contributed by atoms with Gasteiger partial charge in [-0.3, -0.25) is 9.59 Å². The Morgan fingerprint density at radius 2 is 1.86 bits per heavy atom. The molecule has 2 rings (SSSR count). The SMILES string of the molecule is Cl.NCCCC(=O)N1CCCCC1C(=O)N1CCOCC1. The lowest BCUT2D eigenvalue weighted by Crippen LogP contribution is -2.55. The van der Waals surface area contributed by atoms with Gasteiger partial charge in [-0.05, 0) is 32.2 Å². The molecule has 2 amide bonds. The van der Waals surface area contributed by atoms with E-state index < -0.39 is 0 Å². The van der Waals surface area contributed by atoms with Gasteiger partial charge in [0.15, 0.2) is 0 Å². The van der Waals surface area contributed by atoms with E-state index in [0.29, 0.717) is 52.2 Å². The average Bonchev–Trinajstić information content (AvgIpc) is 2.52. The summed E-state index contributed by atoms with van der Waals surface area (Å²) in [6.07, 6.45) is 3.92. The number of likely N-dealkylation sites (tertiary alicyclic amines) is 1. The third-order valence-corrected chi connectivity index (χ3v) is 4.03. The number of amides is 2. The predicted molar refractivity (Wildman–Crippen MR) is 82.3 cm³/mol. The van der Waals surface area contributed by atoms with Crippen LogP contribution >= 0.6 is 12.4 Å². The fourth-order valence-electron chi connectivity index (χ4n) is 2.88. The van der Waals surface area contributed by atoms with Crippen LogP contribution in [0.2, 0.25) is 0 Å². The molecule has 1 atom stereocenters. The van der Waals surface area contributed by atoms with Crippen LogP contribution < -0.4 is 5.73 Å². The number of hydrogen-bond donors (Lipinski definition) is 1. The summed E-state index contributed by atoms with van der Waals surface area (Å²) in [5, 5.41) is 0. The predicted octanol–water partition coefficient (Wildman–Crippen LogP) is 0.387. The first-order chi connectivity index (χ1) is 9.74. The molecule has 0 radical (unpaired) electrons. The van der Waals surface area contributed by atoms with Gasteiger partial charge in [-0.1, -0.05) is 0 Å². The number of hydrogen-bond acceptors (Lipinski definition) is 4. The Bertz CT molecular complexity index is 348. The van der Waals surface area contributed by atoms with Crippen LogP contribution in [-0.2, 0) is 14.3 Å². The van der Waals surface area contributed by atoms with Gasteiger partial charge in [0.2, 0.25) is 11.8 Å². The Morgan fingerprint density at radius 3 is 2.52 bits per heavy atom. The number of halogens is 1. The lowest BCUT2D eigenvalue weighted by molar-refractivity contribution is -0.150. The number of nitrogens with zero attached hydrogens (tertiary/aromatic N) is 2. The maximum absolute atomic E-state index is 12.6. The highest BCUT2D eigenvalue weighted by atomic mass is 35.5. The van der Waals surface area contributed by atoms with Gasteiger partial charge in [0.25, 0.3) is 0 Å². The van der Waals surface area contributed by atoms with Gasteiger partial charge in [-0.25, -0.2) is 0 Å². The van der Waals surface area contributed by atoms with E-state index in [1.54, 1.807) is 4.90 Å². The van der Waals surface area contributed by atoms with Crippen LogP contribution in [-0.4, -0.2) is 67.0 Å². The standard InChI is InChI=1S/C14H25N3O3.ClH/c15-6-3-5-13(18)17-7-2-1-4-12(17)14(19)16-8-10-20-11-9-16;/h12H,1-11,15H2;1H. The molecule has 2 N–H and O–H groups in total. The van der Waals surface area contributed by atoms with Crippen molar-refractivity contribution in [2.75, 3.05) is 39.4 Å². The van der Waals surface area contributed by atoms with E-state index in [9.17, 15) is 9.59 Å². The van der Waals surface area contributed by atoms with E-state index >= 15 is 0 Å². The van der Waals surface area contributed by atoms with Crippen molar-refractivity contribution in [1.82, 2.24) is 9.80 Å². The van der Waals surface area contributed by atoms with Gasteiger partial charge in [-0.2, -0.15) is 0 Å². The smallest absolute Gasteiger partial charge is 0.245 e. The summed E-state index contributed by atoms with van der Waals surface area (Å²) in [6.45, 7) is 3.69. The molecular weight excluding hydrogens is 294 g/mol. The minimum absolute atomic E-state index is 0. The molecule has 0 spiro atoms. The second-order valence-electron chi connectivity index (χ2n) is 5.43. The summed E-state index contributed by atoms with van der Waals surface area (Å²) in [5.41, 5.74) is 5.46. The Hall–Kier alpha value is -0.850. The maximum Gasteiger partial charge on any atom is 0.245 e. The summed E-state index contributed by atoms with van der Waals surface area (Å²) < 4.78 is 5.28. The van der Waals surface area contributed by atoms with Gasteiger partial charge in [0.1, 0.15) is 6.04 Å². The highest BCUT2D eigenvalue weighted by Gasteiger charge is 2.34. The zero-order chi connectivity index (χ0) is 14.4. The molecule has 0 aromatic carbocycles. The Morgan fingerprint density at radius 1 is 1.14 bits per heavy atom. The second kappa shape index (κ2) is 9.23. The number of ether oxygens (including phenoxy) is 1. The van der Waals surface area contributed by atoms with E-state index in [2.05, 4.69) is 0 Å². The average molecular weight is 320 g/mol. The Balaban J connectivity index is 0.00000220. The van der Waals surface area contributed by atoms with Crippen molar-refractivity contribution in [3.8, 4) is 0 Å². The third kappa shape index (κ3) is 4.83. The highest BCUT2D eigenvalue weighted by Crippen LogP contribution is 2.20. The van der Waals surface area contributed by atoms with Gasteiger partial charge in [0.05, 0.1) is 13.2 Å². The van der Waals surface area contributed by atoms with Gasteiger partial charge in [0, 0.05) is 26.1 Å². The first-order valence-corrected chi connectivity index (χ1v) is 7.60. The molecule has 0 saturated carbocycles. The number of morpholine rings is 1. The molecule has 0 bridgehead atoms. The summed E-state index contributed by atoms with van der Waals surface area (Å²) in [5.74, 6) is 0.163.